The summed E-state index contributed by atoms with van der Waals surface area (Å²) in [5.41, 5.74) is 4.64. The van der Waals surface area contributed by atoms with E-state index in [9.17, 15) is 5.11 Å². The number of aromatic nitrogens is 2. The Morgan fingerprint density at radius 3 is 2.71 bits per heavy atom. The normalized spacial score (nSPS) is 13.7. The number of fused-ring (bicyclic) bond motifs is 2. The summed E-state index contributed by atoms with van der Waals surface area (Å²) in [6.07, 6.45) is -0.687. The Morgan fingerprint density at radius 2 is 1.95 bits per heavy atom. The van der Waals surface area contributed by atoms with Crippen LogP contribution in [0.4, 0.5) is 11.4 Å². The first kappa shape index (κ1) is 12.2. The molecule has 1 aromatic heterocycles. The van der Waals surface area contributed by atoms with Crippen molar-refractivity contribution in [3.63, 3.8) is 0 Å². The maximum absolute atomic E-state index is 9.97. The summed E-state index contributed by atoms with van der Waals surface area (Å²) in [4.78, 5) is 0. The zero-order chi connectivity index (χ0) is 14.6. The minimum atomic E-state index is -0.687. The number of ether oxygens (including phenoxy) is 1. The fourth-order valence-electron chi connectivity index (χ4n) is 2.95. The smallest absolute Gasteiger partial charge is 0.144 e. The van der Waals surface area contributed by atoms with Crippen molar-refractivity contribution in [3.8, 4) is 17.0 Å². The predicted molar refractivity (Wildman–Crippen MR) is 81.9 cm³/mol. The van der Waals surface area contributed by atoms with E-state index in [-0.39, 0.29) is 0 Å². The Hall–Kier alpha value is -2.53. The van der Waals surface area contributed by atoms with Gasteiger partial charge in [0.05, 0.1) is 35.0 Å². The molecule has 0 radical (unpaired) electrons. The van der Waals surface area contributed by atoms with E-state index >= 15 is 0 Å². The number of hydrogen-bond donors (Lipinski definition) is 2. The van der Waals surface area contributed by atoms with Crippen molar-refractivity contribution in [3.05, 3.63) is 36.4 Å². The lowest BCUT2D eigenvalue weighted by molar-refractivity contribution is 0.116. The second-order valence-corrected chi connectivity index (χ2v) is 5.13. The Bertz CT molecular complexity index is 852. The SMILES string of the molecule is COc1cccc2c1-c1nn(C(C)O)c3cccc(c13)N2. The van der Waals surface area contributed by atoms with Crippen molar-refractivity contribution in [1.29, 1.82) is 0 Å². The molecule has 2 heterocycles. The lowest BCUT2D eigenvalue weighted by atomic mass is 9.99. The van der Waals surface area contributed by atoms with Crippen molar-refractivity contribution in [2.45, 2.75) is 13.2 Å². The summed E-state index contributed by atoms with van der Waals surface area (Å²) in [7, 11) is 1.65. The molecule has 5 nitrogen and oxygen atoms in total. The van der Waals surface area contributed by atoms with Gasteiger partial charge >= 0.3 is 0 Å². The molecular weight excluding hydrogens is 266 g/mol. The highest BCUT2D eigenvalue weighted by Crippen LogP contribution is 2.47. The van der Waals surface area contributed by atoms with Crippen molar-refractivity contribution in [2.24, 2.45) is 0 Å². The van der Waals surface area contributed by atoms with Gasteiger partial charge in [-0.3, -0.25) is 0 Å². The van der Waals surface area contributed by atoms with Crippen LogP contribution in [0, 0.1) is 0 Å². The van der Waals surface area contributed by atoms with E-state index < -0.39 is 6.23 Å². The summed E-state index contributed by atoms with van der Waals surface area (Å²) >= 11 is 0. The molecule has 0 fully saturated rings. The van der Waals surface area contributed by atoms with Crippen LogP contribution in [0.15, 0.2) is 36.4 Å². The average molecular weight is 281 g/mol. The van der Waals surface area contributed by atoms with Crippen molar-refractivity contribution >= 4 is 22.3 Å². The second-order valence-electron chi connectivity index (χ2n) is 5.13. The first-order chi connectivity index (χ1) is 10.2. The number of aliphatic hydroxyl groups excluding tert-OH is 1. The van der Waals surface area contributed by atoms with E-state index in [1.54, 1.807) is 18.7 Å². The highest BCUT2D eigenvalue weighted by Gasteiger charge is 2.26. The molecule has 106 valence electrons. The highest BCUT2D eigenvalue weighted by molar-refractivity contribution is 6.10. The van der Waals surface area contributed by atoms with Crippen molar-refractivity contribution < 1.29 is 9.84 Å². The summed E-state index contributed by atoms with van der Waals surface area (Å²) < 4.78 is 7.11. The van der Waals surface area contributed by atoms with Gasteiger partial charge in [-0.25, -0.2) is 4.68 Å². The number of benzene rings is 2. The van der Waals surface area contributed by atoms with Crippen LogP contribution in [0.2, 0.25) is 0 Å². The Labute approximate surface area is 121 Å². The minimum absolute atomic E-state index is 0.687. The van der Waals surface area contributed by atoms with Crippen LogP contribution in [0.5, 0.6) is 5.75 Å². The molecule has 0 amide bonds. The Morgan fingerprint density at radius 1 is 1.19 bits per heavy atom. The molecule has 0 spiro atoms. The zero-order valence-electron chi connectivity index (χ0n) is 11.8. The molecule has 0 aliphatic carbocycles. The predicted octanol–water partition coefficient (Wildman–Crippen LogP) is 3.28. The summed E-state index contributed by atoms with van der Waals surface area (Å²) in [6.45, 7) is 1.71. The van der Waals surface area contributed by atoms with E-state index in [2.05, 4.69) is 10.4 Å². The van der Waals surface area contributed by atoms with Gasteiger partial charge in [-0.05, 0) is 31.2 Å². The lowest BCUT2D eigenvalue weighted by Gasteiger charge is -2.19. The van der Waals surface area contributed by atoms with Crippen LogP contribution in [-0.2, 0) is 0 Å². The molecule has 0 saturated carbocycles. The standard InChI is InChI=1S/C16H15N3O2/c1-9(20)19-12-7-3-5-10-14(12)16(18-19)15-11(17-10)6-4-8-13(15)21-2/h3-9,17,20H,1-2H3. The van der Waals surface area contributed by atoms with Gasteiger partial charge in [0.1, 0.15) is 17.7 Å². The van der Waals surface area contributed by atoms with Gasteiger partial charge in [0.25, 0.3) is 0 Å². The fraction of sp³-hybridized carbons (Fsp3) is 0.188. The number of nitrogens with one attached hydrogen (secondary N) is 1. The summed E-state index contributed by atoms with van der Waals surface area (Å²) in [5, 5.41) is 19.0. The maximum atomic E-state index is 9.97. The molecule has 4 rings (SSSR count). The molecule has 2 aromatic carbocycles. The van der Waals surface area contributed by atoms with Gasteiger partial charge in [0.15, 0.2) is 0 Å². The lowest BCUT2D eigenvalue weighted by Crippen LogP contribution is -2.05. The molecule has 2 N–H and O–H groups in total. The Kier molecular flexibility index (Phi) is 2.46. The van der Waals surface area contributed by atoms with E-state index in [1.807, 2.05) is 36.4 Å². The van der Waals surface area contributed by atoms with Gasteiger partial charge in [-0.15, -0.1) is 0 Å². The van der Waals surface area contributed by atoms with E-state index in [0.29, 0.717) is 0 Å². The van der Waals surface area contributed by atoms with Crippen LogP contribution in [0.1, 0.15) is 13.2 Å². The average Bonchev–Trinajstić information content (AvgIpc) is 2.88. The van der Waals surface area contributed by atoms with Crippen LogP contribution in [0.25, 0.3) is 22.2 Å². The number of aliphatic hydroxyl groups is 1. The van der Waals surface area contributed by atoms with Crippen LogP contribution in [-0.4, -0.2) is 22.0 Å². The molecule has 1 aliphatic rings. The molecule has 5 heteroatoms. The molecule has 1 aliphatic heterocycles. The van der Waals surface area contributed by atoms with E-state index in [4.69, 9.17) is 4.74 Å². The highest BCUT2D eigenvalue weighted by atomic mass is 16.5. The van der Waals surface area contributed by atoms with E-state index in [0.717, 1.165) is 39.3 Å². The van der Waals surface area contributed by atoms with Gasteiger partial charge in [-0.1, -0.05) is 12.1 Å². The van der Waals surface area contributed by atoms with Gasteiger partial charge in [0.2, 0.25) is 0 Å². The fourth-order valence-corrected chi connectivity index (χ4v) is 2.95. The molecular formula is C16H15N3O2. The van der Waals surface area contributed by atoms with E-state index in [1.165, 1.54) is 0 Å². The second kappa shape index (κ2) is 4.23. The zero-order valence-corrected chi connectivity index (χ0v) is 11.8. The van der Waals surface area contributed by atoms with Crippen LogP contribution in [0.3, 0.4) is 0 Å². The molecule has 3 aromatic rings. The number of nitrogens with zero attached hydrogens (tertiary/aromatic N) is 2. The monoisotopic (exact) mass is 281 g/mol. The third kappa shape index (κ3) is 1.58. The first-order valence-electron chi connectivity index (χ1n) is 6.84. The van der Waals surface area contributed by atoms with Crippen molar-refractivity contribution in [2.75, 3.05) is 12.4 Å². The largest absolute Gasteiger partial charge is 0.496 e. The molecule has 21 heavy (non-hydrogen) atoms. The molecule has 1 atom stereocenters. The summed E-state index contributed by atoms with van der Waals surface area (Å²) in [5.74, 6) is 0.770. The third-order valence-electron chi connectivity index (χ3n) is 3.84. The number of rotatable bonds is 2. The number of hydrogen-bond acceptors (Lipinski definition) is 4. The van der Waals surface area contributed by atoms with Crippen LogP contribution < -0.4 is 10.1 Å². The quantitative estimate of drug-likeness (QED) is 0.592. The minimum Gasteiger partial charge on any atom is -0.496 e. The molecule has 0 bridgehead atoms. The summed E-state index contributed by atoms with van der Waals surface area (Å²) in [6, 6.07) is 11.8. The topological polar surface area (TPSA) is 59.3 Å². The van der Waals surface area contributed by atoms with Gasteiger partial charge < -0.3 is 15.2 Å². The number of anilines is 2. The van der Waals surface area contributed by atoms with Crippen molar-refractivity contribution in [1.82, 2.24) is 9.78 Å². The number of methoxy groups -OCH3 is 1. The Balaban J connectivity index is 2.14. The molecule has 0 saturated heterocycles. The maximum Gasteiger partial charge on any atom is 0.144 e. The molecule has 1 unspecified atom stereocenters. The third-order valence-corrected chi connectivity index (χ3v) is 3.84. The first-order valence-corrected chi connectivity index (χ1v) is 6.84. The van der Waals surface area contributed by atoms with Gasteiger partial charge in [-0.2, -0.15) is 5.10 Å². The van der Waals surface area contributed by atoms with Crippen LogP contribution >= 0.6 is 0 Å². The van der Waals surface area contributed by atoms with Gasteiger partial charge in [0, 0.05) is 0 Å².